The van der Waals surface area contributed by atoms with E-state index in [2.05, 4.69) is 88.4 Å². The van der Waals surface area contributed by atoms with Crippen molar-refractivity contribution < 1.29 is 17.0 Å². The maximum Gasteiger partial charge on any atom is 0.0992 e. The van der Waals surface area contributed by atoms with Gasteiger partial charge in [-0.3, -0.25) is 0 Å². The first-order valence-electron chi connectivity index (χ1n) is 8.03. The molecule has 2 rings (SSSR count). The molecule has 2 aromatic rings. The standard InChI is InChI=1S/C20H28P.BrH/c1-17(2)15-21(16-18(3)4,19-11-7-5-8-12-19)20-13-9-6-10-14-20;/h5-14,17-18H,15-16H2,1-4H3;1H/q+1;/p-1. The van der Waals surface area contributed by atoms with E-state index in [1.165, 1.54) is 12.3 Å². The summed E-state index contributed by atoms with van der Waals surface area (Å²) in [5, 5.41) is 3.14. The van der Waals surface area contributed by atoms with E-state index in [1.807, 2.05) is 0 Å². The Morgan fingerprint density at radius 3 is 1.23 bits per heavy atom. The Labute approximate surface area is 147 Å². The van der Waals surface area contributed by atoms with Crippen LogP contribution in [0.4, 0.5) is 0 Å². The van der Waals surface area contributed by atoms with E-state index in [0.717, 1.165) is 11.8 Å². The quantitative estimate of drug-likeness (QED) is 0.674. The summed E-state index contributed by atoms with van der Waals surface area (Å²) in [6, 6.07) is 22.5. The second-order valence-corrected chi connectivity index (χ2v) is 10.5. The molecule has 0 amide bonds. The molecule has 0 aliphatic heterocycles. The van der Waals surface area contributed by atoms with Crippen molar-refractivity contribution in [2.45, 2.75) is 27.7 Å². The summed E-state index contributed by atoms with van der Waals surface area (Å²) in [5.41, 5.74) is 0. The Kier molecular flexibility index (Phi) is 7.80. The van der Waals surface area contributed by atoms with Crippen LogP contribution < -0.4 is 27.6 Å². The molecule has 0 saturated carbocycles. The molecule has 0 spiro atoms. The minimum Gasteiger partial charge on any atom is -1.00 e. The fourth-order valence-electron chi connectivity index (χ4n) is 3.32. The third-order valence-corrected chi connectivity index (χ3v) is 9.14. The van der Waals surface area contributed by atoms with E-state index in [0.29, 0.717) is 0 Å². The molecule has 0 saturated heterocycles. The van der Waals surface area contributed by atoms with E-state index in [9.17, 15) is 0 Å². The van der Waals surface area contributed by atoms with Crippen molar-refractivity contribution >= 4 is 17.9 Å². The van der Waals surface area contributed by atoms with Gasteiger partial charge < -0.3 is 17.0 Å². The minimum absolute atomic E-state index is 0. The van der Waals surface area contributed by atoms with Crippen LogP contribution in [0.5, 0.6) is 0 Å². The van der Waals surface area contributed by atoms with Crippen LogP contribution in [0.2, 0.25) is 0 Å². The van der Waals surface area contributed by atoms with Crippen molar-refractivity contribution in [1.29, 1.82) is 0 Å². The lowest BCUT2D eigenvalue weighted by Crippen LogP contribution is -3.00. The fraction of sp³-hybridized carbons (Fsp3) is 0.400. The van der Waals surface area contributed by atoms with E-state index in [-0.39, 0.29) is 17.0 Å². The van der Waals surface area contributed by atoms with Gasteiger partial charge in [0.1, 0.15) is 0 Å². The van der Waals surface area contributed by atoms with Gasteiger partial charge in [-0.1, -0.05) is 64.1 Å². The molecule has 0 aromatic heterocycles. The van der Waals surface area contributed by atoms with Gasteiger partial charge >= 0.3 is 0 Å². The van der Waals surface area contributed by atoms with E-state index in [4.69, 9.17) is 0 Å². The van der Waals surface area contributed by atoms with Gasteiger partial charge in [0.2, 0.25) is 0 Å². The maximum absolute atomic E-state index is 2.36. The van der Waals surface area contributed by atoms with Gasteiger partial charge in [-0.05, 0) is 36.1 Å². The molecule has 0 aliphatic carbocycles. The van der Waals surface area contributed by atoms with Crippen molar-refractivity contribution in [2.75, 3.05) is 12.3 Å². The predicted octanol–water partition coefficient (Wildman–Crippen LogP) is 1.97. The highest BCUT2D eigenvalue weighted by atomic mass is 79.9. The summed E-state index contributed by atoms with van der Waals surface area (Å²) < 4.78 is 0. The van der Waals surface area contributed by atoms with Crippen molar-refractivity contribution in [3.8, 4) is 0 Å². The topological polar surface area (TPSA) is 0 Å². The highest BCUT2D eigenvalue weighted by Gasteiger charge is 2.43. The van der Waals surface area contributed by atoms with Crippen LogP contribution in [0.25, 0.3) is 0 Å². The molecule has 0 atom stereocenters. The Morgan fingerprint density at radius 2 is 0.955 bits per heavy atom. The zero-order chi connectivity index (χ0) is 15.3. The Bertz CT molecular complexity index is 483. The van der Waals surface area contributed by atoms with Gasteiger partial charge in [-0.2, -0.15) is 0 Å². The summed E-state index contributed by atoms with van der Waals surface area (Å²) in [4.78, 5) is 0. The zero-order valence-electron chi connectivity index (χ0n) is 14.2. The van der Waals surface area contributed by atoms with Crippen molar-refractivity contribution in [2.24, 2.45) is 11.8 Å². The Hall–Kier alpha value is -0.650. The summed E-state index contributed by atoms with van der Waals surface area (Å²) in [7, 11) is -1.31. The molecule has 0 radical (unpaired) electrons. The summed E-state index contributed by atoms with van der Waals surface area (Å²) >= 11 is 0. The van der Waals surface area contributed by atoms with Crippen LogP contribution in [-0.4, -0.2) is 12.3 Å². The average Bonchev–Trinajstić information content (AvgIpc) is 2.47. The molecule has 2 heteroatoms. The number of halogens is 1. The lowest BCUT2D eigenvalue weighted by molar-refractivity contribution is -0.00000471. The molecular formula is C20H28BrP. The van der Waals surface area contributed by atoms with Gasteiger partial charge in [-0.15, -0.1) is 0 Å². The largest absolute Gasteiger partial charge is 1.00 e. The van der Waals surface area contributed by atoms with E-state index in [1.54, 1.807) is 10.6 Å². The molecule has 0 aliphatic rings. The normalized spacial score (nSPS) is 11.5. The van der Waals surface area contributed by atoms with Crippen LogP contribution in [0.3, 0.4) is 0 Å². The smallest absolute Gasteiger partial charge is 0.0992 e. The third-order valence-electron chi connectivity index (χ3n) is 3.85. The minimum atomic E-state index is -1.31. The number of hydrogen-bond donors (Lipinski definition) is 0. The van der Waals surface area contributed by atoms with Crippen LogP contribution in [0, 0.1) is 11.8 Å². The first-order valence-corrected chi connectivity index (χ1v) is 10.2. The second kappa shape index (κ2) is 8.85. The van der Waals surface area contributed by atoms with Crippen LogP contribution in [-0.2, 0) is 0 Å². The summed E-state index contributed by atoms with van der Waals surface area (Å²) in [6.45, 7) is 9.45. The van der Waals surface area contributed by atoms with Crippen molar-refractivity contribution in [3.05, 3.63) is 60.7 Å². The van der Waals surface area contributed by atoms with Crippen LogP contribution >= 0.6 is 7.26 Å². The van der Waals surface area contributed by atoms with Gasteiger partial charge in [0.25, 0.3) is 0 Å². The monoisotopic (exact) mass is 378 g/mol. The summed E-state index contributed by atoms with van der Waals surface area (Å²) in [5.74, 6) is 1.44. The first-order chi connectivity index (χ1) is 10.0. The van der Waals surface area contributed by atoms with Gasteiger partial charge in [0.15, 0.2) is 0 Å². The Morgan fingerprint density at radius 1 is 0.636 bits per heavy atom. The molecule has 2 aromatic carbocycles. The Balaban J connectivity index is 0.00000242. The average molecular weight is 379 g/mol. The number of benzene rings is 2. The molecule has 120 valence electrons. The molecule has 0 heterocycles. The molecule has 22 heavy (non-hydrogen) atoms. The highest BCUT2D eigenvalue weighted by molar-refractivity contribution is 7.89. The van der Waals surface area contributed by atoms with E-state index >= 15 is 0 Å². The first kappa shape index (κ1) is 19.4. The van der Waals surface area contributed by atoms with Crippen molar-refractivity contribution in [1.82, 2.24) is 0 Å². The predicted molar refractivity (Wildman–Crippen MR) is 98.5 cm³/mol. The van der Waals surface area contributed by atoms with Crippen molar-refractivity contribution in [3.63, 3.8) is 0 Å². The lowest BCUT2D eigenvalue weighted by Gasteiger charge is -2.30. The highest BCUT2D eigenvalue weighted by Crippen LogP contribution is 2.58. The van der Waals surface area contributed by atoms with E-state index < -0.39 is 7.26 Å². The summed E-state index contributed by atoms with van der Waals surface area (Å²) in [6.07, 6.45) is 2.61. The second-order valence-electron chi connectivity index (χ2n) is 6.79. The maximum atomic E-state index is 2.36. The molecule has 0 unspecified atom stereocenters. The van der Waals surface area contributed by atoms with Gasteiger partial charge in [0, 0.05) is 0 Å². The SMILES string of the molecule is CC(C)C[P+](CC(C)C)(c1ccccc1)c1ccccc1.[Br-]. The molecule has 0 fully saturated rings. The zero-order valence-corrected chi connectivity index (χ0v) is 16.6. The molecule has 0 nitrogen and oxygen atoms in total. The van der Waals surface area contributed by atoms with Gasteiger partial charge in [0.05, 0.1) is 30.2 Å². The third kappa shape index (κ3) is 4.67. The number of rotatable bonds is 6. The van der Waals surface area contributed by atoms with Gasteiger partial charge in [-0.25, -0.2) is 0 Å². The molecule has 0 bridgehead atoms. The molecular weight excluding hydrogens is 351 g/mol. The number of hydrogen-bond acceptors (Lipinski definition) is 0. The van der Waals surface area contributed by atoms with Crippen LogP contribution in [0.15, 0.2) is 60.7 Å². The van der Waals surface area contributed by atoms with Crippen LogP contribution in [0.1, 0.15) is 27.7 Å². The molecule has 0 N–H and O–H groups in total. The fourth-order valence-corrected chi connectivity index (χ4v) is 8.59. The lowest BCUT2D eigenvalue weighted by atomic mass is 10.3.